The Labute approximate surface area is 110 Å². The molecule has 19 heavy (non-hydrogen) atoms. The number of alkyl halides is 3. The van der Waals surface area contributed by atoms with Gasteiger partial charge in [0.2, 0.25) is 0 Å². The van der Waals surface area contributed by atoms with E-state index in [0.29, 0.717) is 13.1 Å². The molecule has 0 bridgehead atoms. The predicted molar refractivity (Wildman–Crippen MR) is 65.6 cm³/mol. The van der Waals surface area contributed by atoms with Crippen molar-refractivity contribution in [1.82, 2.24) is 25.2 Å². The van der Waals surface area contributed by atoms with Crippen LogP contribution in [-0.4, -0.2) is 52.8 Å². The molecule has 0 aliphatic heterocycles. The highest BCUT2D eigenvalue weighted by Crippen LogP contribution is 2.15. The SMILES string of the molecule is CCCNCc1cn(CCN(C)CC(F)(F)F)nn1. The Morgan fingerprint density at radius 2 is 2.16 bits per heavy atom. The normalized spacial score (nSPS) is 12.3. The van der Waals surface area contributed by atoms with Crippen molar-refractivity contribution in [2.24, 2.45) is 0 Å². The maximum atomic E-state index is 12.1. The van der Waals surface area contributed by atoms with Gasteiger partial charge in [0.1, 0.15) is 0 Å². The molecule has 5 nitrogen and oxygen atoms in total. The fourth-order valence-electron chi connectivity index (χ4n) is 1.58. The van der Waals surface area contributed by atoms with Crippen LogP contribution in [0.5, 0.6) is 0 Å². The van der Waals surface area contributed by atoms with Crippen molar-refractivity contribution in [2.75, 3.05) is 26.7 Å². The van der Waals surface area contributed by atoms with Crippen LogP contribution >= 0.6 is 0 Å². The van der Waals surface area contributed by atoms with Gasteiger partial charge in [0.15, 0.2) is 0 Å². The first kappa shape index (κ1) is 15.9. The van der Waals surface area contributed by atoms with Crippen molar-refractivity contribution in [3.63, 3.8) is 0 Å². The number of hydrogen-bond acceptors (Lipinski definition) is 4. The van der Waals surface area contributed by atoms with Crippen molar-refractivity contribution in [3.05, 3.63) is 11.9 Å². The lowest BCUT2D eigenvalue weighted by molar-refractivity contribution is -0.143. The molecule has 1 rings (SSSR count). The van der Waals surface area contributed by atoms with Crippen LogP contribution in [0.4, 0.5) is 13.2 Å². The third kappa shape index (κ3) is 7.12. The van der Waals surface area contributed by atoms with Gasteiger partial charge >= 0.3 is 6.18 Å². The molecule has 1 aromatic rings. The minimum absolute atomic E-state index is 0.282. The Bertz CT molecular complexity index is 363. The van der Waals surface area contributed by atoms with Gasteiger partial charge in [-0.05, 0) is 20.0 Å². The summed E-state index contributed by atoms with van der Waals surface area (Å²) in [5, 5.41) is 11.0. The summed E-state index contributed by atoms with van der Waals surface area (Å²) in [4.78, 5) is 1.22. The minimum Gasteiger partial charge on any atom is -0.311 e. The summed E-state index contributed by atoms with van der Waals surface area (Å²) in [6.45, 7) is 3.37. The van der Waals surface area contributed by atoms with E-state index in [1.165, 1.54) is 11.9 Å². The number of nitrogens with one attached hydrogen (secondary N) is 1. The standard InChI is InChI=1S/C11H20F3N5/c1-3-4-15-7-10-8-19(17-16-10)6-5-18(2)9-11(12,13)14/h8,15H,3-7,9H2,1-2H3. The van der Waals surface area contributed by atoms with Gasteiger partial charge in [0.25, 0.3) is 0 Å². The number of likely N-dealkylation sites (N-methyl/N-ethyl adjacent to an activating group) is 1. The smallest absolute Gasteiger partial charge is 0.311 e. The Kier molecular flexibility index (Phi) is 6.23. The molecule has 1 aromatic heterocycles. The van der Waals surface area contributed by atoms with E-state index in [1.54, 1.807) is 10.9 Å². The average Bonchev–Trinajstić information content (AvgIpc) is 2.72. The Balaban J connectivity index is 2.29. The third-order valence-electron chi connectivity index (χ3n) is 2.48. The maximum Gasteiger partial charge on any atom is 0.401 e. The van der Waals surface area contributed by atoms with E-state index in [9.17, 15) is 13.2 Å². The largest absolute Gasteiger partial charge is 0.401 e. The molecule has 110 valence electrons. The van der Waals surface area contributed by atoms with E-state index < -0.39 is 12.7 Å². The Morgan fingerprint density at radius 1 is 1.42 bits per heavy atom. The van der Waals surface area contributed by atoms with Gasteiger partial charge in [0, 0.05) is 19.3 Å². The van der Waals surface area contributed by atoms with E-state index in [-0.39, 0.29) is 6.54 Å². The Hall–Kier alpha value is -1.15. The molecule has 0 radical (unpaired) electrons. The van der Waals surface area contributed by atoms with Crippen LogP contribution in [0.2, 0.25) is 0 Å². The quantitative estimate of drug-likeness (QED) is 0.728. The average molecular weight is 279 g/mol. The zero-order chi connectivity index (χ0) is 14.3. The minimum atomic E-state index is -4.16. The second-order valence-electron chi connectivity index (χ2n) is 4.50. The van der Waals surface area contributed by atoms with Gasteiger partial charge in [0.05, 0.1) is 18.8 Å². The lowest BCUT2D eigenvalue weighted by atomic mass is 10.4. The van der Waals surface area contributed by atoms with Gasteiger partial charge < -0.3 is 5.32 Å². The monoisotopic (exact) mass is 279 g/mol. The van der Waals surface area contributed by atoms with E-state index in [4.69, 9.17) is 0 Å². The molecule has 1 N–H and O–H groups in total. The van der Waals surface area contributed by atoms with Crippen molar-refractivity contribution in [1.29, 1.82) is 0 Å². The first-order valence-corrected chi connectivity index (χ1v) is 6.25. The molecule has 0 spiro atoms. The molecule has 0 aliphatic rings. The predicted octanol–water partition coefficient (Wildman–Crippen LogP) is 1.27. The molecule has 0 saturated carbocycles. The van der Waals surface area contributed by atoms with Gasteiger partial charge in [-0.3, -0.25) is 9.58 Å². The highest BCUT2D eigenvalue weighted by Gasteiger charge is 2.28. The fraction of sp³-hybridized carbons (Fsp3) is 0.818. The van der Waals surface area contributed by atoms with E-state index in [2.05, 4.69) is 22.6 Å². The topological polar surface area (TPSA) is 46.0 Å². The maximum absolute atomic E-state index is 12.1. The molecule has 8 heteroatoms. The molecule has 0 unspecified atom stereocenters. The van der Waals surface area contributed by atoms with Crippen molar-refractivity contribution < 1.29 is 13.2 Å². The van der Waals surface area contributed by atoms with Crippen LogP contribution < -0.4 is 5.32 Å². The molecule has 0 atom stereocenters. The second-order valence-corrected chi connectivity index (χ2v) is 4.50. The van der Waals surface area contributed by atoms with Crippen LogP contribution in [0.1, 0.15) is 19.0 Å². The Morgan fingerprint density at radius 3 is 2.79 bits per heavy atom. The second kappa shape index (κ2) is 7.44. The molecular formula is C11H20F3N5. The van der Waals surface area contributed by atoms with Crippen molar-refractivity contribution >= 4 is 0 Å². The van der Waals surface area contributed by atoms with Gasteiger partial charge in [-0.15, -0.1) is 5.10 Å². The number of rotatable bonds is 8. The molecule has 1 heterocycles. The van der Waals surface area contributed by atoms with Gasteiger partial charge in [-0.25, -0.2) is 0 Å². The first-order chi connectivity index (χ1) is 8.90. The van der Waals surface area contributed by atoms with E-state index in [0.717, 1.165) is 18.7 Å². The molecule has 0 aromatic carbocycles. The van der Waals surface area contributed by atoms with Gasteiger partial charge in [-0.1, -0.05) is 12.1 Å². The third-order valence-corrected chi connectivity index (χ3v) is 2.48. The van der Waals surface area contributed by atoms with Crippen molar-refractivity contribution in [2.45, 2.75) is 32.6 Å². The summed E-state index contributed by atoms with van der Waals surface area (Å²) in [6.07, 6.45) is -1.37. The molecule has 0 saturated heterocycles. The lowest BCUT2D eigenvalue weighted by Crippen LogP contribution is -2.33. The summed E-state index contributed by atoms with van der Waals surface area (Å²) < 4.78 is 37.9. The van der Waals surface area contributed by atoms with Crippen LogP contribution in [0, 0.1) is 0 Å². The van der Waals surface area contributed by atoms with Crippen LogP contribution in [0.15, 0.2) is 6.20 Å². The molecular weight excluding hydrogens is 259 g/mol. The lowest BCUT2D eigenvalue weighted by Gasteiger charge is -2.17. The zero-order valence-electron chi connectivity index (χ0n) is 11.2. The van der Waals surface area contributed by atoms with Crippen LogP contribution in [0.25, 0.3) is 0 Å². The van der Waals surface area contributed by atoms with Gasteiger partial charge in [-0.2, -0.15) is 13.2 Å². The highest BCUT2D eigenvalue weighted by atomic mass is 19.4. The summed E-state index contributed by atoms with van der Waals surface area (Å²) in [7, 11) is 1.44. The molecule has 0 aliphatic carbocycles. The highest BCUT2D eigenvalue weighted by molar-refractivity contribution is 4.91. The summed E-state index contributed by atoms with van der Waals surface area (Å²) in [5.41, 5.74) is 0.798. The summed E-state index contributed by atoms with van der Waals surface area (Å²) in [6, 6.07) is 0. The summed E-state index contributed by atoms with van der Waals surface area (Å²) >= 11 is 0. The first-order valence-electron chi connectivity index (χ1n) is 6.25. The van der Waals surface area contributed by atoms with Crippen molar-refractivity contribution in [3.8, 4) is 0 Å². The molecule has 0 amide bonds. The number of aromatic nitrogens is 3. The number of halogens is 3. The zero-order valence-corrected chi connectivity index (χ0v) is 11.2. The summed E-state index contributed by atoms with van der Waals surface area (Å²) in [5.74, 6) is 0. The number of nitrogens with zero attached hydrogens (tertiary/aromatic N) is 4. The number of hydrogen-bond donors (Lipinski definition) is 1. The van der Waals surface area contributed by atoms with Crippen LogP contribution in [-0.2, 0) is 13.1 Å². The van der Waals surface area contributed by atoms with E-state index >= 15 is 0 Å². The fourth-order valence-corrected chi connectivity index (χ4v) is 1.58. The van der Waals surface area contributed by atoms with Crippen LogP contribution in [0.3, 0.4) is 0 Å². The van der Waals surface area contributed by atoms with E-state index in [1.807, 2.05) is 0 Å². The molecule has 0 fully saturated rings.